The normalized spacial score (nSPS) is 17.1. The first-order valence-corrected chi connectivity index (χ1v) is 10.5. The van der Waals surface area contributed by atoms with Crippen molar-refractivity contribution in [1.29, 1.82) is 0 Å². The van der Waals surface area contributed by atoms with E-state index in [-0.39, 0.29) is 17.8 Å². The molecule has 3 rings (SSSR count). The first kappa shape index (κ1) is 21.8. The largest absolute Gasteiger partial charge is 0.497 e. The zero-order valence-electron chi connectivity index (χ0n) is 16.0. The number of ether oxygens (including phenoxy) is 1. The van der Waals surface area contributed by atoms with Crippen molar-refractivity contribution in [3.8, 4) is 5.75 Å². The Balaban J connectivity index is 2.01. The van der Waals surface area contributed by atoms with E-state index >= 15 is 0 Å². The predicted octanol–water partition coefficient (Wildman–Crippen LogP) is 2.64. The maximum atomic E-state index is 13.2. The van der Waals surface area contributed by atoms with Crippen molar-refractivity contribution in [2.75, 3.05) is 13.4 Å². The topological polar surface area (TPSA) is 92.6 Å². The zero-order chi connectivity index (χ0) is 22.1. The molecule has 0 spiro atoms. The monoisotopic (exact) mass is 441 g/mol. The molecule has 0 saturated heterocycles. The molecule has 0 fully saturated rings. The van der Waals surface area contributed by atoms with Gasteiger partial charge < -0.3 is 14.7 Å². The third kappa shape index (κ3) is 4.97. The number of aliphatic hydroxyl groups excluding tert-OH is 1. The van der Waals surface area contributed by atoms with Crippen LogP contribution in [-0.2, 0) is 22.6 Å². The van der Waals surface area contributed by atoms with Crippen LogP contribution in [0.15, 0.2) is 53.8 Å². The fourth-order valence-electron chi connectivity index (χ4n) is 2.75. The molecule has 1 N–H and O–H groups in total. The number of rotatable bonds is 5. The average molecular weight is 441 g/mol. The van der Waals surface area contributed by atoms with Crippen molar-refractivity contribution in [2.45, 2.75) is 24.1 Å². The highest BCUT2D eigenvalue weighted by molar-refractivity contribution is 7.90. The maximum absolute atomic E-state index is 13.2. The smallest absolute Gasteiger partial charge is 0.433 e. The Morgan fingerprint density at radius 2 is 1.97 bits per heavy atom. The molecule has 0 radical (unpaired) electrons. The van der Waals surface area contributed by atoms with Crippen molar-refractivity contribution < 1.29 is 31.4 Å². The van der Waals surface area contributed by atoms with Gasteiger partial charge in [-0.05, 0) is 29.8 Å². The fraction of sp³-hybridized carbons (Fsp3) is 0.263. The van der Waals surface area contributed by atoms with E-state index in [9.17, 15) is 26.7 Å². The zero-order valence-corrected chi connectivity index (χ0v) is 16.8. The summed E-state index contributed by atoms with van der Waals surface area (Å²) in [5.74, 6) is 0.613. The Morgan fingerprint density at radius 3 is 2.60 bits per heavy atom. The molecule has 1 aliphatic heterocycles. The van der Waals surface area contributed by atoms with Gasteiger partial charge in [0.25, 0.3) is 0 Å². The van der Waals surface area contributed by atoms with Gasteiger partial charge in [0.1, 0.15) is 17.7 Å². The number of aromatic nitrogens is 2. The molecular weight excluding hydrogens is 423 g/mol. The van der Waals surface area contributed by atoms with E-state index in [0.717, 1.165) is 11.8 Å². The minimum absolute atomic E-state index is 0.195. The summed E-state index contributed by atoms with van der Waals surface area (Å²) in [6.07, 6.45) is -0.991. The van der Waals surface area contributed by atoms with Gasteiger partial charge in [-0.25, -0.2) is 18.4 Å². The molecular formula is C19H18F3N3O4S. The van der Waals surface area contributed by atoms with Gasteiger partial charge in [0.2, 0.25) is 15.0 Å². The third-order valence-corrected chi connectivity index (χ3v) is 5.06. The highest BCUT2D eigenvalue weighted by Gasteiger charge is 2.35. The number of alkyl halides is 3. The highest BCUT2D eigenvalue weighted by Crippen LogP contribution is 2.31. The quantitative estimate of drug-likeness (QED) is 0.713. The van der Waals surface area contributed by atoms with Crippen molar-refractivity contribution in [3.05, 3.63) is 65.6 Å². The second-order valence-electron chi connectivity index (χ2n) is 6.57. The molecule has 30 heavy (non-hydrogen) atoms. The van der Waals surface area contributed by atoms with Crippen LogP contribution in [0, 0.1) is 0 Å². The molecule has 1 aromatic carbocycles. The summed E-state index contributed by atoms with van der Waals surface area (Å²) in [5, 5.41) is 9.32. The molecule has 1 aliphatic rings. The van der Waals surface area contributed by atoms with Gasteiger partial charge in [0.05, 0.1) is 12.8 Å². The van der Waals surface area contributed by atoms with Gasteiger partial charge in [-0.15, -0.1) is 0 Å². The van der Waals surface area contributed by atoms with Gasteiger partial charge in [0.15, 0.2) is 0 Å². The maximum Gasteiger partial charge on any atom is 0.433 e. The molecule has 0 saturated carbocycles. The van der Waals surface area contributed by atoms with Gasteiger partial charge in [-0.3, -0.25) is 0 Å². The molecule has 0 aliphatic carbocycles. The van der Waals surface area contributed by atoms with Gasteiger partial charge in [0, 0.05) is 24.6 Å². The summed E-state index contributed by atoms with van der Waals surface area (Å²) in [7, 11) is -2.56. The van der Waals surface area contributed by atoms with Gasteiger partial charge >= 0.3 is 6.18 Å². The van der Waals surface area contributed by atoms with E-state index < -0.39 is 33.1 Å². The van der Waals surface area contributed by atoms with Gasteiger partial charge in [-0.1, -0.05) is 18.2 Å². The SMILES string of the molecule is COc1cccc(CN2C=C(c3cc(C(F)(F)F)nc(S(C)(=O)=O)n3)C=CC2O)c1. The molecule has 11 heteroatoms. The minimum Gasteiger partial charge on any atom is -0.497 e. The molecule has 1 aromatic heterocycles. The number of sulfone groups is 1. The van der Waals surface area contributed by atoms with E-state index in [1.807, 2.05) is 0 Å². The summed E-state index contributed by atoms with van der Waals surface area (Å²) in [6.45, 7) is 0.225. The summed E-state index contributed by atoms with van der Waals surface area (Å²) >= 11 is 0. The fourth-order valence-corrected chi connectivity index (χ4v) is 3.28. The standard InChI is InChI=1S/C19H18F3N3O4S/c1-29-14-5-3-4-12(8-14)10-25-11-13(6-7-17(25)26)15-9-16(19(20,21)22)24-18(23-15)30(2,27)28/h3-9,11,17,26H,10H2,1-2H3. The van der Waals surface area contributed by atoms with E-state index in [2.05, 4.69) is 9.97 Å². The second kappa shape index (κ2) is 8.07. The van der Waals surface area contributed by atoms with Crippen LogP contribution >= 0.6 is 0 Å². The minimum atomic E-state index is -4.85. The average Bonchev–Trinajstić information content (AvgIpc) is 2.68. The summed E-state index contributed by atoms with van der Waals surface area (Å²) < 4.78 is 68.4. The van der Waals surface area contributed by atoms with E-state index in [4.69, 9.17) is 4.74 Å². The Hall–Kier alpha value is -2.92. The molecule has 2 heterocycles. The molecule has 0 amide bonds. The lowest BCUT2D eigenvalue weighted by Crippen LogP contribution is -2.30. The summed E-state index contributed by atoms with van der Waals surface area (Å²) in [5.41, 5.74) is -0.611. The van der Waals surface area contributed by atoms with Crippen molar-refractivity contribution in [1.82, 2.24) is 14.9 Å². The Bertz CT molecular complexity index is 1110. The van der Waals surface area contributed by atoms with E-state index in [0.29, 0.717) is 11.8 Å². The highest BCUT2D eigenvalue weighted by atomic mass is 32.2. The third-order valence-electron chi connectivity index (χ3n) is 4.22. The van der Waals surface area contributed by atoms with Crippen LogP contribution in [0.25, 0.3) is 5.57 Å². The van der Waals surface area contributed by atoms with Crippen LogP contribution in [0.1, 0.15) is 17.0 Å². The Labute approximate surface area is 171 Å². The first-order valence-electron chi connectivity index (χ1n) is 8.61. The first-order chi connectivity index (χ1) is 14.0. The molecule has 2 aromatic rings. The Kier molecular flexibility index (Phi) is 5.86. The summed E-state index contributed by atoms with van der Waals surface area (Å²) in [4.78, 5) is 8.40. The molecule has 160 valence electrons. The molecule has 0 bridgehead atoms. The molecule has 1 atom stereocenters. The summed E-state index contributed by atoms with van der Waals surface area (Å²) in [6, 6.07) is 7.75. The number of aliphatic hydroxyl groups is 1. The number of methoxy groups -OCH3 is 1. The van der Waals surface area contributed by atoms with Crippen LogP contribution in [0.3, 0.4) is 0 Å². The van der Waals surface area contributed by atoms with E-state index in [1.165, 1.54) is 30.4 Å². The van der Waals surface area contributed by atoms with Crippen LogP contribution in [0.2, 0.25) is 0 Å². The van der Waals surface area contributed by atoms with Gasteiger partial charge in [-0.2, -0.15) is 13.2 Å². The molecule has 1 unspecified atom stereocenters. The Morgan fingerprint density at radius 1 is 1.23 bits per heavy atom. The number of allylic oxidation sites excluding steroid dienone is 2. The van der Waals surface area contributed by atoms with Crippen LogP contribution in [0.4, 0.5) is 13.2 Å². The van der Waals surface area contributed by atoms with Crippen molar-refractivity contribution in [3.63, 3.8) is 0 Å². The number of hydrogen-bond donors (Lipinski definition) is 1. The number of halogens is 3. The lowest BCUT2D eigenvalue weighted by Gasteiger charge is -2.28. The lowest BCUT2D eigenvalue weighted by molar-refractivity contribution is -0.141. The number of hydrogen-bond acceptors (Lipinski definition) is 7. The molecule has 7 nitrogen and oxygen atoms in total. The predicted molar refractivity (Wildman–Crippen MR) is 102 cm³/mol. The number of nitrogens with zero attached hydrogens (tertiary/aromatic N) is 3. The van der Waals surface area contributed by atoms with Crippen molar-refractivity contribution in [2.24, 2.45) is 0 Å². The van der Waals surface area contributed by atoms with Crippen molar-refractivity contribution >= 4 is 15.4 Å². The van der Waals surface area contributed by atoms with E-state index in [1.54, 1.807) is 24.3 Å². The number of benzene rings is 1. The van der Waals surface area contributed by atoms with Crippen LogP contribution in [-0.4, -0.2) is 48.0 Å². The van der Waals surface area contributed by atoms with Crippen LogP contribution in [0.5, 0.6) is 5.75 Å². The lowest BCUT2D eigenvalue weighted by atomic mass is 10.1. The van der Waals surface area contributed by atoms with Crippen LogP contribution < -0.4 is 4.74 Å². The second-order valence-corrected chi connectivity index (χ2v) is 8.48.